The van der Waals surface area contributed by atoms with Crippen LogP contribution in [0.25, 0.3) is 0 Å². The molecule has 3 aromatic rings. The first-order valence-electron chi connectivity index (χ1n) is 10.3. The Hall–Kier alpha value is -2.26. The normalized spacial score (nSPS) is 18.3. The van der Waals surface area contributed by atoms with Crippen molar-refractivity contribution in [1.82, 2.24) is 9.29 Å². The van der Waals surface area contributed by atoms with E-state index >= 15 is 0 Å². The molecule has 0 bridgehead atoms. The molecular weight excluding hydrogens is 430 g/mol. The van der Waals surface area contributed by atoms with E-state index in [0.717, 1.165) is 16.8 Å². The van der Waals surface area contributed by atoms with Gasteiger partial charge in [-0.2, -0.15) is 4.31 Å². The highest BCUT2D eigenvalue weighted by atomic mass is 32.2. The van der Waals surface area contributed by atoms with Gasteiger partial charge in [-0.05, 0) is 67.1 Å². The number of hydrogen-bond donors (Lipinski definition) is 1. The van der Waals surface area contributed by atoms with Gasteiger partial charge in [0.05, 0.1) is 5.60 Å². The third-order valence-electron chi connectivity index (χ3n) is 5.66. The number of thiophene rings is 1. The Balaban J connectivity index is 1.62. The first kappa shape index (κ1) is 22.0. The number of benzene rings is 1. The van der Waals surface area contributed by atoms with Gasteiger partial charge in [-0.15, -0.1) is 11.3 Å². The molecule has 1 aliphatic heterocycles. The second kappa shape index (κ2) is 8.70. The number of hydrogen-bond acceptors (Lipinski definition) is 6. The Morgan fingerprint density at radius 2 is 1.81 bits per heavy atom. The van der Waals surface area contributed by atoms with E-state index in [2.05, 4.69) is 9.88 Å². The maximum absolute atomic E-state index is 13.1. The lowest BCUT2D eigenvalue weighted by Crippen LogP contribution is -2.55. The number of rotatable bonds is 6. The number of nitrogens with zero attached hydrogens (tertiary/aromatic N) is 3. The molecule has 164 valence electrons. The van der Waals surface area contributed by atoms with Crippen molar-refractivity contribution in [1.29, 1.82) is 0 Å². The van der Waals surface area contributed by atoms with Crippen molar-refractivity contribution < 1.29 is 13.5 Å². The molecule has 0 aliphatic carbocycles. The molecule has 0 spiro atoms. The monoisotopic (exact) mass is 457 g/mol. The Bertz CT molecular complexity index is 1090. The molecule has 0 radical (unpaired) electrons. The van der Waals surface area contributed by atoms with Gasteiger partial charge in [0.25, 0.3) is 10.0 Å². The molecule has 1 saturated heterocycles. The van der Waals surface area contributed by atoms with Crippen molar-refractivity contribution in [3.8, 4) is 0 Å². The van der Waals surface area contributed by atoms with Gasteiger partial charge < -0.3 is 10.0 Å². The second-order valence-electron chi connectivity index (χ2n) is 8.31. The highest BCUT2D eigenvalue weighted by molar-refractivity contribution is 7.91. The molecule has 3 heterocycles. The summed E-state index contributed by atoms with van der Waals surface area (Å²) in [5.74, 6) is 0. The standard InChI is InChI=1S/C23H27N3O3S2/c1-23(2,27)19-5-7-20(8-6-19)26-14-13-25(31(28,29)22-4-3-15-30-22)17-21(26)16-18-9-11-24-12-10-18/h3-12,15,21,27H,13-14,16-17H2,1-2H3/t21-/m1/s1. The van der Waals surface area contributed by atoms with E-state index in [0.29, 0.717) is 30.3 Å². The number of aliphatic hydroxyl groups is 1. The molecule has 0 saturated carbocycles. The zero-order valence-electron chi connectivity index (χ0n) is 17.7. The molecule has 1 aromatic carbocycles. The van der Waals surface area contributed by atoms with Crippen molar-refractivity contribution in [2.75, 3.05) is 24.5 Å². The minimum atomic E-state index is -3.50. The quantitative estimate of drug-likeness (QED) is 0.613. The van der Waals surface area contributed by atoms with Crippen LogP contribution < -0.4 is 4.90 Å². The Labute approximate surface area is 187 Å². The molecular formula is C23H27N3O3S2. The molecule has 1 aliphatic rings. The fourth-order valence-electron chi connectivity index (χ4n) is 3.95. The second-order valence-corrected chi connectivity index (χ2v) is 11.4. The van der Waals surface area contributed by atoms with Crippen LogP contribution in [0.3, 0.4) is 0 Å². The van der Waals surface area contributed by atoms with Crippen molar-refractivity contribution >= 4 is 27.0 Å². The Morgan fingerprint density at radius 1 is 1.10 bits per heavy atom. The van der Waals surface area contributed by atoms with E-state index in [-0.39, 0.29) is 6.04 Å². The average molecular weight is 458 g/mol. The predicted molar refractivity (Wildman–Crippen MR) is 124 cm³/mol. The third-order valence-corrected chi connectivity index (χ3v) is 8.90. The summed E-state index contributed by atoms with van der Waals surface area (Å²) in [4.78, 5) is 6.37. The first-order chi connectivity index (χ1) is 14.7. The van der Waals surface area contributed by atoms with Crippen LogP contribution >= 0.6 is 11.3 Å². The fraction of sp³-hybridized carbons (Fsp3) is 0.348. The summed E-state index contributed by atoms with van der Waals surface area (Å²) < 4.78 is 28.2. The van der Waals surface area contributed by atoms with Crippen molar-refractivity contribution in [2.24, 2.45) is 0 Å². The van der Waals surface area contributed by atoms with Crippen LogP contribution in [0.1, 0.15) is 25.0 Å². The van der Waals surface area contributed by atoms with Crippen molar-refractivity contribution in [3.63, 3.8) is 0 Å². The molecule has 1 atom stereocenters. The lowest BCUT2D eigenvalue weighted by Gasteiger charge is -2.42. The van der Waals surface area contributed by atoms with Gasteiger partial charge in [-0.3, -0.25) is 4.98 Å². The summed E-state index contributed by atoms with van der Waals surface area (Å²) in [6, 6.07) is 15.3. The molecule has 0 unspecified atom stereocenters. The van der Waals surface area contributed by atoms with E-state index in [1.54, 1.807) is 48.1 Å². The fourth-order valence-corrected chi connectivity index (χ4v) is 6.56. The SMILES string of the molecule is CC(C)(O)c1ccc(N2CCN(S(=O)(=O)c3cccs3)C[C@H]2Cc2ccncc2)cc1. The average Bonchev–Trinajstić information content (AvgIpc) is 3.30. The Morgan fingerprint density at radius 3 is 2.42 bits per heavy atom. The third kappa shape index (κ3) is 4.82. The topological polar surface area (TPSA) is 73.7 Å². The molecule has 8 heteroatoms. The molecule has 1 fully saturated rings. The zero-order valence-corrected chi connectivity index (χ0v) is 19.3. The summed E-state index contributed by atoms with van der Waals surface area (Å²) in [6.07, 6.45) is 4.24. The molecule has 6 nitrogen and oxygen atoms in total. The van der Waals surface area contributed by atoms with Crippen molar-refractivity contribution in [3.05, 3.63) is 77.4 Å². The van der Waals surface area contributed by atoms with Gasteiger partial charge in [0.2, 0.25) is 0 Å². The van der Waals surface area contributed by atoms with Crippen LogP contribution in [0.15, 0.2) is 70.5 Å². The summed E-state index contributed by atoms with van der Waals surface area (Å²) in [6.45, 7) is 4.98. The van der Waals surface area contributed by atoms with Gasteiger partial charge in [0.1, 0.15) is 4.21 Å². The minimum absolute atomic E-state index is 0.0149. The summed E-state index contributed by atoms with van der Waals surface area (Å²) in [7, 11) is -3.50. The number of aromatic nitrogens is 1. The van der Waals surface area contributed by atoms with Gasteiger partial charge in [0.15, 0.2) is 0 Å². The van der Waals surface area contributed by atoms with E-state index in [1.165, 1.54) is 11.3 Å². The lowest BCUT2D eigenvalue weighted by atomic mass is 9.97. The van der Waals surface area contributed by atoms with Gasteiger partial charge in [0, 0.05) is 43.8 Å². The van der Waals surface area contributed by atoms with Gasteiger partial charge in [-0.1, -0.05) is 18.2 Å². The predicted octanol–water partition coefficient (Wildman–Crippen LogP) is 3.49. The van der Waals surface area contributed by atoms with E-state index < -0.39 is 15.6 Å². The lowest BCUT2D eigenvalue weighted by molar-refractivity contribution is 0.0786. The molecule has 2 aromatic heterocycles. The van der Waals surface area contributed by atoms with Crippen LogP contribution in [0.4, 0.5) is 5.69 Å². The molecule has 31 heavy (non-hydrogen) atoms. The van der Waals surface area contributed by atoms with Crippen LogP contribution in [0, 0.1) is 0 Å². The van der Waals surface area contributed by atoms with Crippen LogP contribution in [0.5, 0.6) is 0 Å². The molecule has 0 amide bonds. The van der Waals surface area contributed by atoms with Crippen LogP contribution in [-0.4, -0.2) is 48.5 Å². The molecule has 1 N–H and O–H groups in total. The minimum Gasteiger partial charge on any atom is -0.386 e. The largest absolute Gasteiger partial charge is 0.386 e. The number of anilines is 1. The molecule has 4 rings (SSSR count). The number of piperazine rings is 1. The Kier molecular flexibility index (Phi) is 6.16. The summed E-state index contributed by atoms with van der Waals surface area (Å²) >= 11 is 1.25. The summed E-state index contributed by atoms with van der Waals surface area (Å²) in [5.41, 5.74) is 2.09. The highest BCUT2D eigenvalue weighted by Gasteiger charge is 2.35. The van der Waals surface area contributed by atoms with Crippen molar-refractivity contribution in [2.45, 2.75) is 36.1 Å². The van der Waals surface area contributed by atoms with Gasteiger partial charge >= 0.3 is 0 Å². The summed E-state index contributed by atoms with van der Waals surface area (Å²) in [5, 5.41) is 12.1. The maximum atomic E-state index is 13.1. The number of pyridine rings is 1. The highest BCUT2D eigenvalue weighted by Crippen LogP contribution is 2.29. The van der Waals surface area contributed by atoms with E-state index in [1.807, 2.05) is 36.4 Å². The maximum Gasteiger partial charge on any atom is 0.252 e. The first-order valence-corrected chi connectivity index (χ1v) is 12.6. The van der Waals surface area contributed by atoms with E-state index in [4.69, 9.17) is 0 Å². The zero-order chi connectivity index (χ0) is 22.1. The smallest absolute Gasteiger partial charge is 0.252 e. The number of sulfonamides is 1. The van der Waals surface area contributed by atoms with Gasteiger partial charge in [-0.25, -0.2) is 8.42 Å². The van der Waals surface area contributed by atoms with Crippen LogP contribution in [0.2, 0.25) is 0 Å². The van der Waals surface area contributed by atoms with Crippen LogP contribution in [-0.2, 0) is 22.0 Å². The van der Waals surface area contributed by atoms with E-state index in [9.17, 15) is 13.5 Å².